The molecule has 0 aliphatic heterocycles. The third-order valence-corrected chi connectivity index (χ3v) is 5.15. The summed E-state index contributed by atoms with van der Waals surface area (Å²) in [6.45, 7) is 15.6. The van der Waals surface area contributed by atoms with Crippen LogP contribution in [0.2, 0.25) is 0 Å². The predicted octanol–water partition coefficient (Wildman–Crippen LogP) is 4.82. The Bertz CT molecular complexity index is 753. The second-order valence-corrected chi connectivity index (χ2v) is 8.41. The smallest absolute Gasteiger partial charge is 0.123 e. The van der Waals surface area contributed by atoms with Gasteiger partial charge in [-0.2, -0.15) is 5.10 Å². The Labute approximate surface area is 158 Å². The summed E-state index contributed by atoms with van der Waals surface area (Å²) < 4.78 is 8.02. The summed E-state index contributed by atoms with van der Waals surface area (Å²) in [4.78, 5) is 2.60. The quantitative estimate of drug-likeness (QED) is 0.713. The Morgan fingerprint density at radius 1 is 1.15 bits per heavy atom. The molecule has 1 aromatic carbocycles. The van der Waals surface area contributed by atoms with E-state index in [1.165, 1.54) is 29.7 Å². The molecule has 0 spiro atoms. The van der Waals surface area contributed by atoms with Crippen LogP contribution in [0.5, 0.6) is 5.75 Å². The molecule has 0 saturated heterocycles. The number of aryl methyl sites for hydroxylation is 1. The highest BCUT2D eigenvalue weighted by Gasteiger charge is 2.31. The highest BCUT2D eigenvalue weighted by Crippen LogP contribution is 2.33. The van der Waals surface area contributed by atoms with Crippen LogP contribution in [0.1, 0.15) is 63.1 Å². The molecule has 4 heteroatoms. The summed E-state index contributed by atoms with van der Waals surface area (Å²) in [5.74, 6) is 1.01. The molecular formula is C22H33N3O. The fraction of sp³-hybridized carbons (Fsp3) is 0.591. The second kappa shape index (κ2) is 7.43. The summed E-state index contributed by atoms with van der Waals surface area (Å²) in [6.07, 6.45) is 2.59. The van der Waals surface area contributed by atoms with Crippen LogP contribution in [0.3, 0.4) is 0 Å². The minimum Gasteiger partial charge on any atom is -0.494 e. The molecule has 0 unspecified atom stereocenters. The Kier molecular flexibility index (Phi) is 5.42. The molecule has 1 aliphatic rings. The number of benzene rings is 1. The molecule has 0 amide bonds. The van der Waals surface area contributed by atoms with Gasteiger partial charge >= 0.3 is 0 Å². The predicted molar refractivity (Wildman–Crippen MR) is 107 cm³/mol. The molecule has 0 N–H and O–H groups in total. The molecular weight excluding hydrogens is 322 g/mol. The van der Waals surface area contributed by atoms with Gasteiger partial charge in [-0.3, -0.25) is 9.58 Å². The average molecular weight is 356 g/mol. The minimum absolute atomic E-state index is 0.0130. The number of nitrogens with zero attached hydrogens (tertiary/aromatic N) is 3. The zero-order chi connectivity index (χ0) is 18.9. The van der Waals surface area contributed by atoms with E-state index in [4.69, 9.17) is 9.84 Å². The van der Waals surface area contributed by atoms with E-state index in [0.717, 1.165) is 24.5 Å². The van der Waals surface area contributed by atoms with Crippen LogP contribution in [0.15, 0.2) is 24.3 Å². The summed E-state index contributed by atoms with van der Waals surface area (Å²) in [5.41, 5.74) is 5.11. The Balaban J connectivity index is 1.84. The molecule has 4 nitrogen and oxygen atoms in total. The molecule has 1 heterocycles. The zero-order valence-electron chi connectivity index (χ0n) is 17.2. The van der Waals surface area contributed by atoms with Gasteiger partial charge in [0.25, 0.3) is 0 Å². The molecule has 1 aromatic heterocycles. The van der Waals surface area contributed by atoms with Crippen LogP contribution in [0, 0.1) is 13.8 Å². The summed E-state index contributed by atoms with van der Waals surface area (Å²) >= 11 is 0. The number of para-hydroxylation sites is 1. The zero-order valence-corrected chi connectivity index (χ0v) is 17.2. The SMILES string of the molecule is CCOc1ccccc1CN(Cc1c(C)nn(C(C)(C)C)c1C)C1CC1. The van der Waals surface area contributed by atoms with E-state index in [-0.39, 0.29) is 5.54 Å². The lowest BCUT2D eigenvalue weighted by molar-refractivity contribution is 0.238. The Morgan fingerprint density at radius 2 is 1.85 bits per heavy atom. The first-order valence-electron chi connectivity index (χ1n) is 9.81. The van der Waals surface area contributed by atoms with E-state index in [1.807, 2.05) is 6.92 Å². The van der Waals surface area contributed by atoms with Crippen molar-refractivity contribution >= 4 is 0 Å². The van der Waals surface area contributed by atoms with Crippen molar-refractivity contribution < 1.29 is 4.74 Å². The molecule has 0 atom stereocenters. The largest absolute Gasteiger partial charge is 0.494 e. The van der Waals surface area contributed by atoms with E-state index >= 15 is 0 Å². The lowest BCUT2D eigenvalue weighted by Crippen LogP contribution is -2.27. The maximum atomic E-state index is 5.84. The van der Waals surface area contributed by atoms with Gasteiger partial charge in [-0.25, -0.2) is 0 Å². The first kappa shape index (κ1) is 19.0. The molecule has 3 rings (SSSR count). The van der Waals surface area contributed by atoms with Gasteiger partial charge in [-0.15, -0.1) is 0 Å². The van der Waals surface area contributed by atoms with Crippen LogP contribution in [-0.2, 0) is 18.6 Å². The van der Waals surface area contributed by atoms with Crippen LogP contribution in [0.25, 0.3) is 0 Å². The van der Waals surface area contributed by atoms with Crippen molar-refractivity contribution in [1.29, 1.82) is 0 Å². The first-order chi connectivity index (χ1) is 12.3. The standard InChI is InChI=1S/C22H33N3O/c1-7-26-21-11-9-8-10-18(21)14-24(19-12-13-19)15-20-16(2)23-25(17(20)3)22(4,5)6/h8-11,19H,7,12-15H2,1-6H3. The van der Waals surface area contributed by atoms with Crippen molar-refractivity contribution in [2.45, 2.75) is 79.1 Å². The van der Waals surface area contributed by atoms with Gasteiger partial charge in [0.15, 0.2) is 0 Å². The van der Waals surface area contributed by atoms with Gasteiger partial charge in [0.05, 0.1) is 17.8 Å². The van der Waals surface area contributed by atoms with Gasteiger partial charge < -0.3 is 4.74 Å². The van der Waals surface area contributed by atoms with Crippen LogP contribution in [-0.4, -0.2) is 27.3 Å². The average Bonchev–Trinajstić information content (AvgIpc) is 3.37. The fourth-order valence-electron chi connectivity index (χ4n) is 3.66. The third kappa shape index (κ3) is 4.12. The molecule has 0 radical (unpaired) electrons. The molecule has 1 fully saturated rings. The molecule has 142 valence electrons. The van der Waals surface area contributed by atoms with Gasteiger partial charge in [0.2, 0.25) is 0 Å². The number of hydrogen-bond donors (Lipinski definition) is 0. The minimum atomic E-state index is 0.0130. The number of hydrogen-bond acceptors (Lipinski definition) is 3. The number of ether oxygens (including phenoxy) is 1. The molecule has 0 bridgehead atoms. The summed E-state index contributed by atoms with van der Waals surface area (Å²) in [5, 5.41) is 4.83. The van der Waals surface area contributed by atoms with Gasteiger partial charge in [0, 0.05) is 36.0 Å². The fourth-order valence-corrected chi connectivity index (χ4v) is 3.66. The molecule has 2 aromatic rings. The maximum absolute atomic E-state index is 5.84. The van der Waals surface area contributed by atoms with Crippen molar-refractivity contribution in [2.24, 2.45) is 0 Å². The van der Waals surface area contributed by atoms with E-state index in [1.54, 1.807) is 0 Å². The third-order valence-electron chi connectivity index (χ3n) is 5.15. The maximum Gasteiger partial charge on any atom is 0.123 e. The molecule has 1 saturated carbocycles. The van der Waals surface area contributed by atoms with Gasteiger partial charge in [-0.05, 0) is 60.5 Å². The van der Waals surface area contributed by atoms with Crippen molar-refractivity contribution in [3.63, 3.8) is 0 Å². The van der Waals surface area contributed by atoms with Crippen molar-refractivity contribution in [3.05, 3.63) is 46.8 Å². The highest BCUT2D eigenvalue weighted by molar-refractivity contribution is 5.34. The van der Waals surface area contributed by atoms with Crippen molar-refractivity contribution in [2.75, 3.05) is 6.61 Å². The van der Waals surface area contributed by atoms with Crippen molar-refractivity contribution in [3.8, 4) is 5.75 Å². The first-order valence-corrected chi connectivity index (χ1v) is 9.81. The van der Waals surface area contributed by atoms with Crippen LogP contribution < -0.4 is 4.74 Å². The lowest BCUT2D eigenvalue weighted by atomic mass is 10.1. The topological polar surface area (TPSA) is 30.3 Å². The Hall–Kier alpha value is -1.81. The van der Waals surface area contributed by atoms with Crippen LogP contribution in [0.4, 0.5) is 0 Å². The summed E-state index contributed by atoms with van der Waals surface area (Å²) in [7, 11) is 0. The van der Waals surface area contributed by atoms with Gasteiger partial charge in [-0.1, -0.05) is 18.2 Å². The number of aromatic nitrogens is 2. The van der Waals surface area contributed by atoms with E-state index in [2.05, 4.69) is 68.5 Å². The van der Waals surface area contributed by atoms with E-state index in [0.29, 0.717) is 12.6 Å². The Morgan fingerprint density at radius 3 is 2.42 bits per heavy atom. The monoisotopic (exact) mass is 355 g/mol. The second-order valence-electron chi connectivity index (χ2n) is 8.41. The van der Waals surface area contributed by atoms with Crippen LogP contribution >= 0.6 is 0 Å². The number of rotatable bonds is 7. The lowest BCUT2D eigenvalue weighted by Gasteiger charge is -2.25. The van der Waals surface area contributed by atoms with E-state index < -0.39 is 0 Å². The van der Waals surface area contributed by atoms with Crippen molar-refractivity contribution in [1.82, 2.24) is 14.7 Å². The summed E-state index contributed by atoms with van der Waals surface area (Å²) in [6, 6.07) is 9.12. The highest BCUT2D eigenvalue weighted by atomic mass is 16.5. The van der Waals surface area contributed by atoms with Gasteiger partial charge in [0.1, 0.15) is 5.75 Å². The molecule has 26 heavy (non-hydrogen) atoms. The van der Waals surface area contributed by atoms with E-state index in [9.17, 15) is 0 Å². The normalized spacial score (nSPS) is 14.9. The molecule has 1 aliphatic carbocycles.